The molecule has 1 saturated heterocycles. The van der Waals surface area contributed by atoms with Gasteiger partial charge in [0.2, 0.25) is 5.95 Å². The van der Waals surface area contributed by atoms with Crippen LogP contribution in [0.4, 0.5) is 11.8 Å². The lowest BCUT2D eigenvalue weighted by Crippen LogP contribution is -2.48. The fourth-order valence-corrected chi connectivity index (χ4v) is 2.66. The molecule has 2 aromatic rings. The number of aliphatic hydroxyl groups is 1. The molecule has 0 aliphatic carbocycles. The van der Waals surface area contributed by atoms with Crippen LogP contribution in [0.25, 0.3) is 5.82 Å². The molecule has 8 nitrogen and oxygen atoms in total. The Balaban J connectivity index is 1.73. The van der Waals surface area contributed by atoms with Crippen LogP contribution in [0.5, 0.6) is 0 Å². The summed E-state index contributed by atoms with van der Waals surface area (Å²) < 4.78 is 1.67. The van der Waals surface area contributed by atoms with Crippen molar-refractivity contribution in [3.63, 3.8) is 0 Å². The third-order valence-corrected chi connectivity index (χ3v) is 3.67. The molecule has 0 spiro atoms. The first kappa shape index (κ1) is 14.7. The normalized spacial score (nSPS) is 17.6. The third-order valence-electron chi connectivity index (χ3n) is 3.67. The Labute approximate surface area is 129 Å². The molecule has 0 saturated carbocycles. The topological polar surface area (TPSA) is 96.3 Å². The van der Waals surface area contributed by atoms with Crippen molar-refractivity contribution in [3.05, 3.63) is 24.5 Å². The molecule has 118 valence electrons. The molecule has 8 heteroatoms. The maximum absolute atomic E-state index is 9.46. The van der Waals surface area contributed by atoms with Crippen molar-refractivity contribution in [2.45, 2.75) is 13.0 Å². The first-order valence-electron chi connectivity index (χ1n) is 7.42. The summed E-state index contributed by atoms with van der Waals surface area (Å²) in [4.78, 5) is 13.0. The number of aliphatic hydroxyl groups excluding tert-OH is 1. The molecule has 3 N–H and O–H groups in total. The summed E-state index contributed by atoms with van der Waals surface area (Å²) in [5.41, 5.74) is 5.83. The van der Waals surface area contributed by atoms with E-state index in [0.717, 1.165) is 32.0 Å². The van der Waals surface area contributed by atoms with Gasteiger partial charge in [-0.05, 0) is 13.0 Å². The second kappa shape index (κ2) is 6.29. The molecular weight excluding hydrogens is 282 g/mol. The standard InChI is InChI=1S/C14H21N7O/c1-11(22)10-19-5-7-20(8-6-19)12-9-13(18-14(15)17-12)21-4-2-3-16-21/h2-4,9,11,22H,5-8,10H2,1H3,(H2,15,17,18)/t11-/m1/s1. The van der Waals surface area contributed by atoms with Gasteiger partial charge < -0.3 is 15.7 Å². The van der Waals surface area contributed by atoms with Crippen molar-refractivity contribution >= 4 is 11.8 Å². The summed E-state index contributed by atoms with van der Waals surface area (Å²) in [7, 11) is 0. The number of aromatic nitrogens is 4. The fourth-order valence-electron chi connectivity index (χ4n) is 2.66. The van der Waals surface area contributed by atoms with Crippen molar-refractivity contribution in [1.82, 2.24) is 24.6 Å². The van der Waals surface area contributed by atoms with Gasteiger partial charge >= 0.3 is 0 Å². The van der Waals surface area contributed by atoms with Gasteiger partial charge in [-0.3, -0.25) is 4.90 Å². The molecule has 1 fully saturated rings. The molecule has 0 amide bonds. The van der Waals surface area contributed by atoms with Gasteiger partial charge in [0.15, 0.2) is 5.82 Å². The summed E-state index contributed by atoms with van der Waals surface area (Å²) in [5.74, 6) is 1.73. The van der Waals surface area contributed by atoms with Gasteiger partial charge in [-0.25, -0.2) is 4.68 Å². The smallest absolute Gasteiger partial charge is 0.224 e. The molecule has 1 aliphatic heterocycles. The van der Waals surface area contributed by atoms with Gasteiger partial charge in [-0.1, -0.05) is 0 Å². The molecule has 3 rings (SSSR count). The van der Waals surface area contributed by atoms with E-state index in [1.807, 2.05) is 25.3 Å². The predicted octanol–water partition coefficient (Wildman–Crippen LogP) is -0.253. The largest absolute Gasteiger partial charge is 0.392 e. The minimum atomic E-state index is -0.298. The number of hydrogen-bond donors (Lipinski definition) is 2. The summed E-state index contributed by atoms with van der Waals surface area (Å²) in [5, 5.41) is 13.6. The highest BCUT2D eigenvalue weighted by Crippen LogP contribution is 2.18. The maximum atomic E-state index is 9.46. The summed E-state index contributed by atoms with van der Waals surface area (Å²) >= 11 is 0. The van der Waals surface area contributed by atoms with Crippen LogP contribution in [0.3, 0.4) is 0 Å². The molecule has 3 heterocycles. The van der Waals surface area contributed by atoms with E-state index in [2.05, 4.69) is 24.9 Å². The van der Waals surface area contributed by atoms with Gasteiger partial charge in [0, 0.05) is 51.2 Å². The van der Waals surface area contributed by atoms with Gasteiger partial charge in [-0.2, -0.15) is 15.1 Å². The Morgan fingerprint density at radius 1 is 1.23 bits per heavy atom. The van der Waals surface area contributed by atoms with Crippen molar-refractivity contribution in [1.29, 1.82) is 0 Å². The van der Waals surface area contributed by atoms with Gasteiger partial charge in [0.05, 0.1) is 6.10 Å². The second-order valence-corrected chi connectivity index (χ2v) is 5.53. The van der Waals surface area contributed by atoms with Gasteiger partial charge in [0.1, 0.15) is 5.82 Å². The van der Waals surface area contributed by atoms with E-state index in [4.69, 9.17) is 5.73 Å². The summed E-state index contributed by atoms with van der Waals surface area (Å²) in [6, 6.07) is 3.74. The molecule has 22 heavy (non-hydrogen) atoms. The molecule has 0 radical (unpaired) electrons. The Kier molecular flexibility index (Phi) is 4.21. The first-order chi connectivity index (χ1) is 10.6. The van der Waals surface area contributed by atoms with E-state index in [-0.39, 0.29) is 12.1 Å². The zero-order chi connectivity index (χ0) is 15.5. The van der Waals surface area contributed by atoms with Crippen LogP contribution in [0.1, 0.15) is 6.92 Å². The minimum absolute atomic E-state index is 0.245. The van der Waals surface area contributed by atoms with Crippen LogP contribution < -0.4 is 10.6 Å². The molecule has 0 aromatic carbocycles. The predicted molar refractivity (Wildman–Crippen MR) is 83.9 cm³/mol. The maximum Gasteiger partial charge on any atom is 0.224 e. The number of piperazine rings is 1. The monoisotopic (exact) mass is 303 g/mol. The van der Waals surface area contributed by atoms with E-state index in [1.54, 1.807) is 10.9 Å². The highest BCUT2D eigenvalue weighted by atomic mass is 16.3. The van der Waals surface area contributed by atoms with Crippen LogP contribution in [0, 0.1) is 0 Å². The van der Waals surface area contributed by atoms with E-state index in [0.29, 0.717) is 12.4 Å². The Morgan fingerprint density at radius 3 is 2.59 bits per heavy atom. The highest BCUT2D eigenvalue weighted by Gasteiger charge is 2.20. The van der Waals surface area contributed by atoms with Gasteiger partial charge in [-0.15, -0.1) is 0 Å². The Morgan fingerprint density at radius 2 is 1.95 bits per heavy atom. The van der Waals surface area contributed by atoms with Crippen LogP contribution in [0.15, 0.2) is 24.5 Å². The van der Waals surface area contributed by atoms with Crippen LogP contribution >= 0.6 is 0 Å². The molecular formula is C14H21N7O. The Bertz CT molecular complexity index is 606. The van der Waals surface area contributed by atoms with Crippen LogP contribution in [0.2, 0.25) is 0 Å². The Hall–Kier alpha value is -2.19. The lowest BCUT2D eigenvalue weighted by molar-refractivity contribution is 0.122. The van der Waals surface area contributed by atoms with Crippen molar-refractivity contribution in [3.8, 4) is 5.82 Å². The SMILES string of the molecule is C[C@@H](O)CN1CCN(c2cc(-n3cccn3)nc(N)n2)CC1. The quantitative estimate of drug-likeness (QED) is 0.803. The van der Waals surface area contributed by atoms with Crippen LogP contribution in [-0.2, 0) is 0 Å². The minimum Gasteiger partial charge on any atom is -0.392 e. The number of nitrogen functional groups attached to an aromatic ring is 1. The molecule has 2 aromatic heterocycles. The molecule has 1 atom stereocenters. The molecule has 1 aliphatic rings. The second-order valence-electron chi connectivity index (χ2n) is 5.53. The lowest BCUT2D eigenvalue weighted by Gasteiger charge is -2.35. The van der Waals surface area contributed by atoms with Gasteiger partial charge in [0.25, 0.3) is 0 Å². The fraction of sp³-hybridized carbons (Fsp3) is 0.500. The number of nitrogens with two attached hydrogens (primary N) is 1. The van der Waals surface area contributed by atoms with Crippen molar-refractivity contribution in [2.24, 2.45) is 0 Å². The zero-order valence-corrected chi connectivity index (χ0v) is 12.6. The number of nitrogens with zero attached hydrogens (tertiary/aromatic N) is 6. The third kappa shape index (κ3) is 3.34. The molecule has 0 unspecified atom stereocenters. The number of anilines is 2. The van der Waals surface area contributed by atoms with E-state index in [9.17, 15) is 5.11 Å². The van der Waals surface area contributed by atoms with E-state index >= 15 is 0 Å². The highest BCUT2D eigenvalue weighted by molar-refractivity contribution is 5.48. The average molecular weight is 303 g/mol. The number of hydrogen-bond acceptors (Lipinski definition) is 7. The first-order valence-corrected chi connectivity index (χ1v) is 7.42. The summed E-state index contributed by atoms with van der Waals surface area (Å²) in [6.45, 7) is 6.01. The van der Waals surface area contributed by atoms with Crippen LogP contribution in [-0.4, -0.2) is 68.6 Å². The van der Waals surface area contributed by atoms with Crippen molar-refractivity contribution in [2.75, 3.05) is 43.4 Å². The zero-order valence-electron chi connectivity index (χ0n) is 12.6. The van der Waals surface area contributed by atoms with Crippen molar-refractivity contribution < 1.29 is 5.11 Å². The van der Waals surface area contributed by atoms with E-state index < -0.39 is 0 Å². The average Bonchev–Trinajstić information content (AvgIpc) is 3.01. The van der Waals surface area contributed by atoms with E-state index in [1.165, 1.54) is 0 Å². The number of β-amino-alcohol motifs (C(OH)–C–C–N with tert-alkyl or cyclic N) is 1. The number of rotatable bonds is 4. The molecule has 0 bridgehead atoms. The summed E-state index contributed by atoms with van der Waals surface area (Å²) in [6.07, 6.45) is 3.23. The lowest BCUT2D eigenvalue weighted by atomic mass is 10.2.